The van der Waals surface area contributed by atoms with Crippen LogP contribution in [-0.4, -0.2) is 67.9 Å². The van der Waals surface area contributed by atoms with Crippen LogP contribution in [0.2, 0.25) is 0 Å². The van der Waals surface area contributed by atoms with Gasteiger partial charge < -0.3 is 4.74 Å². The van der Waals surface area contributed by atoms with E-state index in [1.165, 1.54) is 0 Å². The van der Waals surface area contributed by atoms with Crippen molar-refractivity contribution in [2.75, 3.05) is 0 Å². The summed E-state index contributed by atoms with van der Waals surface area (Å²) in [7, 11) is 0. The van der Waals surface area contributed by atoms with Gasteiger partial charge in [0.2, 0.25) is 0 Å². The van der Waals surface area contributed by atoms with E-state index < -0.39 is 124 Å². The zero-order chi connectivity index (χ0) is 25.6. The Balaban J connectivity index is 1.62. The maximum absolute atomic E-state index is 14.8. The van der Waals surface area contributed by atoms with Gasteiger partial charge in [-0.15, -0.1) is 13.2 Å². The second-order valence-corrected chi connectivity index (χ2v) is 9.30. The molecule has 0 aliphatic heterocycles. The molecule has 0 saturated heterocycles. The minimum Gasteiger partial charge on any atom is -0.317 e. The van der Waals surface area contributed by atoms with E-state index in [-0.39, 0.29) is 0 Å². The van der Waals surface area contributed by atoms with Gasteiger partial charge in [-0.2, -0.15) is 8.78 Å². The van der Waals surface area contributed by atoms with Gasteiger partial charge in [0, 0.05) is 31.6 Å². The fraction of sp³-hybridized carbons (Fsp3) is 1.00. The van der Waals surface area contributed by atoms with Crippen molar-refractivity contribution in [1.29, 1.82) is 0 Å². The van der Waals surface area contributed by atoms with Crippen molar-refractivity contribution in [3.05, 3.63) is 0 Å². The van der Waals surface area contributed by atoms with E-state index in [1.807, 2.05) is 0 Å². The molecule has 0 aromatic rings. The lowest BCUT2D eigenvalue weighted by molar-refractivity contribution is -0.359. The predicted octanol–water partition coefficient (Wildman–Crippen LogP) is 6.47. The van der Waals surface area contributed by atoms with Gasteiger partial charge in [0.15, 0.2) is 0 Å². The van der Waals surface area contributed by atoms with Gasteiger partial charge in [0.05, 0.1) is 6.10 Å². The third kappa shape index (κ3) is 6.25. The van der Waals surface area contributed by atoms with Crippen LogP contribution in [0.25, 0.3) is 0 Å². The summed E-state index contributed by atoms with van der Waals surface area (Å²) >= 11 is 0. The van der Waals surface area contributed by atoms with E-state index in [2.05, 4.69) is 9.47 Å². The molecule has 3 fully saturated rings. The Morgan fingerprint density at radius 2 is 1.00 bits per heavy atom. The molecule has 0 aromatic carbocycles. The number of hydrogen-bond acceptors (Lipinski definition) is 2. The Labute approximate surface area is 187 Å². The van der Waals surface area contributed by atoms with Crippen molar-refractivity contribution < 1.29 is 62.2 Å². The van der Waals surface area contributed by atoms with Gasteiger partial charge in [0.1, 0.15) is 55.2 Å². The first-order valence-electron chi connectivity index (χ1n) is 10.9. The van der Waals surface area contributed by atoms with E-state index in [1.54, 1.807) is 0 Å². The van der Waals surface area contributed by atoms with Crippen LogP contribution in [-0.2, 0) is 9.47 Å². The van der Waals surface area contributed by atoms with Crippen LogP contribution in [0.1, 0.15) is 38.5 Å². The molecule has 0 spiro atoms. The molecule has 3 rings (SSSR count). The summed E-state index contributed by atoms with van der Waals surface area (Å²) in [6.07, 6.45) is -36.3. The Morgan fingerprint density at radius 1 is 0.529 bits per heavy atom. The summed E-state index contributed by atoms with van der Waals surface area (Å²) in [5, 5.41) is 0. The van der Waals surface area contributed by atoms with E-state index in [9.17, 15) is 52.7 Å². The maximum Gasteiger partial charge on any atom is 0.522 e. The molecule has 0 N–H and O–H groups in total. The van der Waals surface area contributed by atoms with Crippen LogP contribution in [0.3, 0.4) is 0 Å². The Morgan fingerprint density at radius 3 is 1.44 bits per heavy atom. The summed E-state index contributed by atoms with van der Waals surface area (Å²) in [6.45, 7) is 0. The van der Waals surface area contributed by atoms with E-state index in [0.29, 0.717) is 0 Å². The monoisotopic (exact) mass is 524 g/mol. The molecule has 3 aliphatic rings. The highest BCUT2D eigenvalue weighted by Crippen LogP contribution is 2.47. The Kier molecular flexibility index (Phi) is 8.31. The summed E-state index contributed by atoms with van der Waals surface area (Å²) in [4.78, 5) is 0. The van der Waals surface area contributed by atoms with Crippen molar-refractivity contribution in [2.24, 2.45) is 17.8 Å². The molecule has 3 saturated carbocycles. The van der Waals surface area contributed by atoms with E-state index >= 15 is 0 Å². The molecule has 0 heterocycles. The number of hydrogen-bond donors (Lipinski definition) is 0. The minimum atomic E-state index is -5.32. The quantitative estimate of drug-likeness (QED) is 0.384. The number of rotatable bonds is 5. The molecule has 6 unspecified atom stereocenters. The normalized spacial score (nSPS) is 46.9. The van der Waals surface area contributed by atoms with Crippen LogP contribution in [0.5, 0.6) is 0 Å². The molecule has 3 aliphatic carbocycles. The van der Waals surface area contributed by atoms with Crippen molar-refractivity contribution in [3.8, 4) is 0 Å². The van der Waals surface area contributed by atoms with E-state index in [0.717, 1.165) is 0 Å². The average Bonchev–Trinajstić information content (AvgIpc) is 2.61. The van der Waals surface area contributed by atoms with Crippen LogP contribution >= 0.6 is 0 Å². The van der Waals surface area contributed by atoms with Crippen LogP contribution in [0, 0.1) is 17.8 Å². The van der Waals surface area contributed by atoms with Gasteiger partial charge in [0.25, 0.3) is 0 Å². The molecule has 2 nitrogen and oxygen atoms in total. The topological polar surface area (TPSA) is 18.5 Å². The molecule has 0 radical (unpaired) electrons. The van der Waals surface area contributed by atoms with Crippen LogP contribution in [0.15, 0.2) is 0 Å². The van der Waals surface area contributed by atoms with Crippen molar-refractivity contribution in [1.82, 2.24) is 0 Å². The fourth-order valence-corrected chi connectivity index (χ4v) is 5.44. The molecule has 0 aromatic heterocycles. The van der Waals surface area contributed by atoms with Crippen molar-refractivity contribution in [2.45, 2.75) is 106 Å². The maximum atomic E-state index is 14.8. The molecule has 0 amide bonds. The molecular formula is C20H24F12O2. The van der Waals surface area contributed by atoms with E-state index in [4.69, 9.17) is 0 Å². The van der Waals surface area contributed by atoms with Gasteiger partial charge in [-0.25, -0.2) is 30.7 Å². The lowest BCUT2D eigenvalue weighted by Gasteiger charge is -2.44. The van der Waals surface area contributed by atoms with Crippen LogP contribution < -0.4 is 0 Å². The molecule has 200 valence electrons. The average molecular weight is 524 g/mol. The highest BCUT2D eigenvalue weighted by molar-refractivity contribution is 4.98. The largest absolute Gasteiger partial charge is 0.522 e. The minimum absolute atomic E-state index is 0.839. The highest BCUT2D eigenvalue weighted by Gasteiger charge is 2.57. The smallest absolute Gasteiger partial charge is 0.317 e. The molecule has 34 heavy (non-hydrogen) atoms. The Bertz CT molecular complexity index is 642. The fourth-order valence-electron chi connectivity index (χ4n) is 5.44. The highest BCUT2D eigenvalue weighted by atomic mass is 19.4. The molecule has 0 bridgehead atoms. The molecule has 6 atom stereocenters. The van der Waals surface area contributed by atoms with Gasteiger partial charge in [-0.05, 0) is 18.8 Å². The van der Waals surface area contributed by atoms with Crippen molar-refractivity contribution >= 4 is 0 Å². The van der Waals surface area contributed by atoms with Crippen LogP contribution in [0.4, 0.5) is 52.7 Å². The standard InChI is InChI=1S/C20H24F12O2/c21-8-3-12(24)17(13(25)4-8)19(28,29)33-9-5-10(22)16(11(23)6-9)7-1-14(26)18(15(27)2-7)34-20(30,31)32/h7-18H,1-6H2. The zero-order valence-electron chi connectivity index (χ0n) is 17.5. The number of halogens is 12. The van der Waals surface area contributed by atoms with Gasteiger partial charge in [-0.1, -0.05) is 0 Å². The predicted molar refractivity (Wildman–Crippen MR) is 93.2 cm³/mol. The zero-order valence-corrected chi connectivity index (χ0v) is 17.5. The number of ether oxygens (including phenoxy) is 2. The molecular weight excluding hydrogens is 500 g/mol. The lowest BCUT2D eigenvalue weighted by Crippen LogP contribution is -2.53. The third-order valence-corrected chi connectivity index (χ3v) is 6.85. The molecule has 14 heteroatoms. The SMILES string of the molecule is FC1CC(F)C(C(F)(F)OC2CC(F)C(C3CC(F)C(OC(F)(F)F)C(F)C3)C(F)C2)C(F)C1. The van der Waals surface area contributed by atoms with Gasteiger partial charge in [-0.3, -0.25) is 4.74 Å². The first kappa shape index (κ1) is 27.7. The lowest BCUT2D eigenvalue weighted by atomic mass is 9.69. The van der Waals surface area contributed by atoms with Crippen molar-refractivity contribution in [3.63, 3.8) is 0 Å². The first-order valence-corrected chi connectivity index (χ1v) is 10.9. The Hall–Kier alpha value is -0.920. The second kappa shape index (κ2) is 10.2. The summed E-state index contributed by atoms with van der Waals surface area (Å²) in [6, 6.07) is 0. The van der Waals surface area contributed by atoms with Gasteiger partial charge >= 0.3 is 12.5 Å². The third-order valence-electron chi connectivity index (χ3n) is 6.85. The second-order valence-electron chi connectivity index (χ2n) is 9.30. The summed E-state index contributed by atoms with van der Waals surface area (Å²) in [5.74, 6) is -5.76. The summed E-state index contributed by atoms with van der Waals surface area (Å²) in [5.41, 5.74) is 0. The number of alkyl halides is 12. The summed E-state index contributed by atoms with van der Waals surface area (Å²) < 4.78 is 173. The first-order chi connectivity index (χ1) is 15.6.